The number of hydrogen-bond acceptors (Lipinski definition) is 6. The van der Waals surface area contributed by atoms with Crippen LogP contribution in [0.2, 0.25) is 10.0 Å². The van der Waals surface area contributed by atoms with Crippen LogP contribution in [0.25, 0.3) is 28.0 Å². The van der Waals surface area contributed by atoms with E-state index in [1.54, 1.807) is 0 Å². The quantitative estimate of drug-likeness (QED) is 0.317. The van der Waals surface area contributed by atoms with E-state index in [0.717, 1.165) is 53.4 Å². The van der Waals surface area contributed by atoms with Crippen molar-refractivity contribution in [2.24, 2.45) is 11.1 Å². The van der Waals surface area contributed by atoms with Gasteiger partial charge in [0.15, 0.2) is 5.65 Å². The number of carbonyl (C=O) groups is 1. The van der Waals surface area contributed by atoms with Gasteiger partial charge in [-0.2, -0.15) is 9.61 Å². The fraction of sp³-hybridized carbons (Fsp3) is 0.367. The number of nitrogens with two attached hydrogens (primary N) is 1. The largest absolute Gasteiger partial charge is 0.394 e. The molecule has 1 amide bonds. The highest BCUT2D eigenvalue weighted by atomic mass is 35.5. The number of hydrogen-bond donors (Lipinski definition) is 2. The molecule has 2 saturated heterocycles. The van der Waals surface area contributed by atoms with E-state index in [9.17, 15) is 9.90 Å². The van der Waals surface area contributed by atoms with Gasteiger partial charge in [0.1, 0.15) is 17.3 Å². The highest BCUT2D eigenvalue weighted by molar-refractivity contribution is 6.33. The average Bonchev–Trinajstić information content (AvgIpc) is 3.59. The van der Waals surface area contributed by atoms with E-state index in [2.05, 4.69) is 15.9 Å². The molecule has 3 N–H and O–H groups in total. The smallest absolute Gasteiger partial charge is 0.223 e. The predicted molar refractivity (Wildman–Crippen MR) is 160 cm³/mol. The van der Waals surface area contributed by atoms with Crippen molar-refractivity contribution in [2.45, 2.75) is 38.6 Å². The molecule has 4 aromatic rings. The monoisotopic (exact) mass is 578 g/mol. The van der Waals surface area contributed by atoms with E-state index in [1.165, 1.54) is 0 Å². The number of primary amides is 1. The summed E-state index contributed by atoms with van der Waals surface area (Å²) in [7, 11) is 0. The fourth-order valence-corrected chi connectivity index (χ4v) is 6.24. The maximum absolute atomic E-state index is 12.2. The molecule has 0 bridgehead atoms. The molecule has 10 heteroatoms. The number of aliphatic hydroxyl groups is 1. The number of aliphatic hydroxyl groups excluding tert-OH is 1. The Bertz CT molecular complexity index is 1560. The molecule has 0 radical (unpaired) electrons. The third kappa shape index (κ3) is 4.68. The second-order valence-corrected chi connectivity index (χ2v) is 11.8. The highest BCUT2D eigenvalue weighted by Gasteiger charge is 2.37. The predicted octanol–water partition coefficient (Wildman–Crippen LogP) is 5.42. The van der Waals surface area contributed by atoms with Crippen LogP contribution in [0.5, 0.6) is 0 Å². The molecule has 0 spiro atoms. The molecule has 6 rings (SSSR count). The van der Waals surface area contributed by atoms with E-state index in [1.807, 2.05) is 60.0 Å². The lowest BCUT2D eigenvalue weighted by atomic mass is 9.80. The minimum Gasteiger partial charge on any atom is -0.394 e. The Balaban J connectivity index is 1.60. The second kappa shape index (κ2) is 10.6. The van der Waals surface area contributed by atoms with Crippen LogP contribution in [0.15, 0.2) is 54.6 Å². The molecule has 40 heavy (non-hydrogen) atoms. The van der Waals surface area contributed by atoms with Crippen LogP contribution in [-0.4, -0.2) is 57.9 Å². The topological polar surface area (TPSA) is 100.0 Å². The summed E-state index contributed by atoms with van der Waals surface area (Å²) in [5.41, 5.74) is 9.21. The third-order valence-corrected chi connectivity index (χ3v) is 9.07. The molecule has 0 unspecified atom stereocenters. The standard InChI is InChI=1S/C30H32Cl2N6O2/c1-30(29(33)40)12-15-36(16-13-30)25-17-24(37-14-4-5-21(37)18-39)34-28-26(19-8-10-20(31)11-9-19)27(35-38(25)28)22-6-2-3-7-23(22)32/h2-3,6-11,17,21,39H,4-5,12-16,18H2,1H3,(H2,33,40)/t21-/m0/s1. The summed E-state index contributed by atoms with van der Waals surface area (Å²) in [5, 5.41) is 16.5. The fourth-order valence-electron chi connectivity index (χ4n) is 5.89. The molecule has 8 nitrogen and oxygen atoms in total. The Morgan fingerprint density at radius 3 is 2.50 bits per heavy atom. The summed E-state index contributed by atoms with van der Waals surface area (Å²) >= 11 is 13.0. The number of fused-ring (bicyclic) bond motifs is 1. The van der Waals surface area contributed by atoms with Gasteiger partial charge >= 0.3 is 0 Å². The van der Waals surface area contributed by atoms with E-state index < -0.39 is 5.41 Å². The first kappa shape index (κ1) is 26.9. The lowest BCUT2D eigenvalue weighted by Gasteiger charge is -2.38. The van der Waals surface area contributed by atoms with Crippen LogP contribution in [0.1, 0.15) is 32.6 Å². The van der Waals surface area contributed by atoms with E-state index in [4.69, 9.17) is 39.0 Å². The van der Waals surface area contributed by atoms with Gasteiger partial charge in [0.25, 0.3) is 0 Å². The van der Waals surface area contributed by atoms with Crippen molar-refractivity contribution in [3.8, 4) is 22.4 Å². The van der Waals surface area contributed by atoms with Gasteiger partial charge in [-0.05, 0) is 49.4 Å². The molecule has 1 atom stereocenters. The van der Waals surface area contributed by atoms with Gasteiger partial charge in [-0.1, -0.05) is 60.5 Å². The van der Waals surface area contributed by atoms with Crippen molar-refractivity contribution in [1.82, 2.24) is 14.6 Å². The third-order valence-electron chi connectivity index (χ3n) is 8.49. The molecule has 4 heterocycles. The van der Waals surface area contributed by atoms with Crippen LogP contribution in [0, 0.1) is 5.41 Å². The maximum Gasteiger partial charge on any atom is 0.223 e. The summed E-state index contributed by atoms with van der Waals surface area (Å²) in [6.07, 6.45) is 3.19. The van der Waals surface area contributed by atoms with Crippen LogP contribution >= 0.6 is 23.2 Å². The molecular weight excluding hydrogens is 547 g/mol. The highest BCUT2D eigenvalue weighted by Crippen LogP contribution is 2.41. The van der Waals surface area contributed by atoms with Crippen molar-refractivity contribution < 1.29 is 9.90 Å². The summed E-state index contributed by atoms with van der Waals surface area (Å²) in [4.78, 5) is 21.8. The number of halogens is 2. The van der Waals surface area contributed by atoms with Crippen LogP contribution in [0.4, 0.5) is 11.6 Å². The average molecular weight is 580 g/mol. The van der Waals surface area contributed by atoms with Crippen molar-refractivity contribution >= 4 is 46.4 Å². The normalized spacial score (nSPS) is 18.9. The Hall–Kier alpha value is -3.33. The Morgan fingerprint density at radius 1 is 1.10 bits per heavy atom. The first-order valence-corrected chi connectivity index (χ1v) is 14.4. The van der Waals surface area contributed by atoms with Crippen molar-refractivity contribution in [3.05, 3.63) is 64.6 Å². The van der Waals surface area contributed by atoms with Crippen molar-refractivity contribution in [3.63, 3.8) is 0 Å². The summed E-state index contributed by atoms with van der Waals surface area (Å²) < 4.78 is 1.89. The molecule has 2 aliphatic rings. The van der Waals surface area contributed by atoms with Gasteiger partial charge < -0.3 is 20.6 Å². The Labute approximate surface area is 243 Å². The minimum atomic E-state index is -0.538. The first-order chi connectivity index (χ1) is 19.3. The number of amides is 1. The van der Waals surface area contributed by atoms with Crippen molar-refractivity contribution in [2.75, 3.05) is 36.0 Å². The zero-order valence-electron chi connectivity index (χ0n) is 22.4. The lowest BCUT2D eigenvalue weighted by Crippen LogP contribution is -2.46. The SMILES string of the molecule is CC1(C(N)=O)CCN(c2cc(N3CCC[C@H]3CO)nc3c(-c4ccc(Cl)cc4)c(-c4ccccc4Cl)nn23)CC1. The summed E-state index contributed by atoms with van der Waals surface area (Å²) in [5.74, 6) is 1.41. The zero-order valence-corrected chi connectivity index (χ0v) is 23.9. The van der Waals surface area contributed by atoms with E-state index in [0.29, 0.717) is 41.6 Å². The van der Waals surface area contributed by atoms with E-state index in [-0.39, 0.29) is 18.6 Å². The number of aromatic nitrogens is 3. The number of benzene rings is 2. The minimum absolute atomic E-state index is 0.00671. The summed E-state index contributed by atoms with van der Waals surface area (Å²) in [6.45, 7) is 4.13. The first-order valence-electron chi connectivity index (χ1n) is 13.7. The Kier molecular flexibility index (Phi) is 7.10. The number of rotatable bonds is 6. The van der Waals surface area contributed by atoms with Gasteiger partial charge in [0.2, 0.25) is 5.91 Å². The van der Waals surface area contributed by atoms with Gasteiger partial charge in [0, 0.05) is 41.7 Å². The van der Waals surface area contributed by atoms with E-state index >= 15 is 0 Å². The van der Waals surface area contributed by atoms with Crippen molar-refractivity contribution in [1.29, 1.82) is 0 Å². The van der Waals surface area contributed by atoms with Gasteiger partial charge in [-0.15, -0.1) is 0 Å². The lowest BCUT2D eigenvalue weighted by molar-refractivity contribution is -0.127. The second-order valence-electron chi connectivity index (χ2n) is 11.0. The summed E-state index contributed by atoms with van der Waals surface area (Å²) in [6, 6.07) is 17.4. The van der Waals surface area contributed by atoms with Gasteiger partial charge in [0.05, 0.1) is 23.2 Å². The van der Waals surface area contributed by atoms with Gasteiger partial charge in [-0.3, -0.25) is 4.79 Å². The molecule has 208 valence electrons. The number of nitrogens with zero attached hydrogens (tertiary/aromatic N) is 5. The molecular formula is C30H32Cl2N6O2. The molecule has 2 fully saturated rings. The molecule has 2 aromatic carbocycles. The van der Waals surface area contributed by atoms with Crippen LogP contribution in [-0.2, 0) is 4.79 Å². The van der Waals surface area contributed by atoms with Gasteiger partial charge in [-0.25, -0.2) is 4.98 Å². The maximum atomic E-state index is 12.2. The molecule has 2 aliphatic heterocycles. The zero-order chi connectivity index (χ0) is 28.0. The Morgan fingerprint density at radius 2 is 1.82 bits per heavy atom. The van der Waals surface area contributed by atoms with Crippen LogP contribution < -0.4 is 15.5 Å². The van der Waals surface area contributed by atoms with Crippen LogP contribution in [0.3, 0.4) is 0 Å². The molecule has 2 aromatic heterocycles. The molecule has 0 aliphatic carbocycles. The number of anilines is 2. The molecule has 0 saturated carbocycles. The number of piperidine rings is 1. The number of carbonyl (C=O) groups excluding carboxylic acids is 1.